The van der Waals surface area contributed by atoms with E-state index in [4.69, 9.17) is 9.47 Å². The van der Waals surface area contributed by atoms with Crippen LogP contribution in [-0.4, -0.2) is 6.79 Å². The highest BCUT2D eigenvalue weighted by Crippen LogP contribution is 2.50. The number of fused-ring (bicyclic) bond motifs is 1. The molecule has 0 aliphatic carbocycles. The molecule has 0 unspecified atom stereocenters. The van der Waals surface area contributed by atoms with Gasteiger partial charge >= 0.3 is 0 Å². The van der Waals surface area contributed by atoms with E-state index in [1.165, 1.54) is 0 Å². The van der Waals surface area contributed by atoms with Crippen molar-refractivity contribution in [2.45, 2.75) is 34.6 Å². The highest BCUT2D eigenvalue weighted by molar-refractivity contribution is 9.10. The molecule has 0 radical (unpaired) electrons. The lowest BCUT2D eigenvalue weighted by molar-refractivity contribution is 0.173. The third-order valence-corrected chi connectivity index (χ3v) is 9.32. The summed E-state index contributed by atoms with van der Waals surface area (Å²) in [5, 5.41) is 2.41. The minimum Gasteiger partial charge on any atom is -0.453 e. The van der Waals surface area contributed by atoms with Crippen LogP contribution >= 0.6 is 23.1 Å². The Morgan fingerprint density at radius 3 is 1.66 bits per heavy atom. The first kappa shape index (κ1) is 20.3. The summed E-state index contributed by atoms with van der Waals surface area (Å²) in [4.78, 5) is 0. The molecule has 0 N–H and O–H groups in total. The number of aryl methyl sites for hydroxylation is 5. The minimum atomic E-state index is -3.16. The largest absolute Gasteiger partial charge is 0.453 e. The second-order valence-electron chi connectivity index (χ2n) is 7.89. The van der Waals surface area contributed by atoms with E-state index in [2.05, 4.69) is 28.1 Å². The summed E-state index contributed by atoms with van der Waals surface area (Å²) in [5.74, 6) is 1.35. The first-order chi connectivity index (χ1) is 13.7. The smallest absolute Gasteiger partial charge is 0.231 e. The molecular weight excluding hydrogens is 447 g/mol. The minimum absolute atomic E-state index is 0.176. The standard InChI is InChI=1S/C24H24BrO3P/c1-14-6-15(2)9-19(8-14)29(26,20-10-16(3)7-17(4)11-20)21-12-18(5)23-24(22(21)25)28-13-27-23/h6-12H,13H2,1-5H3. The van der Waals surface area contributed by atoms with Gasteiger partial charge in [0.05, 0.1) is 4.47 Å². The highest BCUT2D eigenvalue weighted by atomic mass is 79.9. The van der Waals surface area contributed by atoms with Crippen LogP contribution in [0.25, 0.3) is 0 Å². The number of benzene rings is 3. The summed E-state index contributed by atoms with van der Waals surface area (Å²) in [7, 11) is -3.16. The van der Waals surface area contributed by atoms with E-state index in [-0.39, 0.29) is 6.79 Å². The summed E-state index contributed by atoms with van der Waals surface area (Å²) in [6.07, 6.45) is 0. The first-order valence-corrected chi connectivity index (χ1v) is 12.1. The molecule has 0 fully saturated rings. The van der Waals surface area contributed by atoms with Gasteiger partial charge in [0.1, 0.15) is 0 Å². The van der Waals surface area contributed by atoms with Gasteiger partial charge in [0.25, 0.3) is 0 Å². The van der Waals surface area contributed by atoms with Crippen LogP contribution in [0.1, 0.15) is 27.8 Å². The Balaban J connectivity index is 2.10. The van der Waals surface area contributed by atoms with E-state index >= 15 is 4.57 Å². The molecule has 0 saturated heterocycles. The predicted molar refractivity (Wildman–Crippen MR) is 123 cm³/mol. The maximum Gasteiger partial charge on any atom is 0.231 e. The van der Waals surface area contributed by atoms with Crippen LogP contribution in [0, 0.1) is 34.6 Å². The van der Waals surface area contributed by atoms with E-state index < -0.39 is 7.14 Å². The molecule has 3 aromatic rings. The number of hydrogen-bond donors (Lipinski definition) is 0. The van der Waals surface area contributed by atoms with Crippen LogP contribution in [0.5, 0.6) is 11.5 Å². The van der Waals surface area contributed by atoms with Crippen molar-refractivity contribution in [3.8, 4) is 11.5 Å². The molecule has 0 amide bonds. The molecule has 3 aromatic carbocycles. The predicted octanol–water partition coefficient (Wildman–Crippen LogP) is 5.36. The molecule has 3 nitrogen and oxygen atoms in total. The summed E-state index contributed by atoms with van der Waals surface area (Å²) in [6, 6.07) is 14.4. The zero-order valence-electron chi connectivity index (χ0n) is 17.3. The Bertz CT molecular complexity index is 1090. The van der Waals surface area contributed by atoms with Crippen LogP contribution in [0.3, 0.4) is 0 Å². The Kier molecular flexibility index (Phi) is 5.13. The van der Waals surface area contributed by atoms with E-state index in [9.17, 15) is 0 Å². The molecule has 0 saturated carbocycles. The molecule has 0 bridgehead atoms. The highest BCUT2D eigenvalue weighted by Gasteiger charge is 2.36. The van der Waals surface area contributed by atoms with E-state index in [1.54, 1.807) is 0 Å². The Labute approximate surface area is 180 Å². The third-order valence-electron chi connectivity index (χ3n) is 5.23. The van der Waals surface area contributed by atoms with Gasteiger partial charge in [-0.3, -0.25) is 0 Å². The van der Waals surface area contributed by atoms with Crippen LogP contribution in [-0.2, 0) is 4.57 Å². The van der Waals surface area contributed by atoms with Gasteiger partial charge in [0, 0.05) is 15.9 Å². The topological polar surface area (TPSA) is 35.5 Å². The summed E-state index contributed by atoms with van der Waals surface area (Å²) in [5.41, 5.74) is 5.30. The molecule has 0 aromatic heterocycles. The van der Waals surface area contributed by atoms with E-state index in [1.807, 2.05) is 65.0 Å². The average Bonchev–Trinajstić information content (AvgIpc) is 3.13. The van der Waals surface area contributed by atoms with Crippen LogP contribution < -0.4 is 25.4 Å². The van der Waals surface area contributed by atoms with Crippen molar-refractivity contribution in [2.75, 3.05) is 6.79 Å². The van der Waals surface area contributed by atoms with Crippen molar-refractivity contribution >= 4 is 39.0 Å². The summed E-state index contributed by atoms with van der Waals surface area (Å²) in [6.45, 7) is 10.3. The van der Waals surface area contributed by atoms with Gasteiger partial charge in [-0.15, -0.1) is 0 Å². The second-order valence-corrected chi connectivity index (χ2v) is 11.4. The molecule has 150 valence electrons. The molecule has 0 spiro atoms. The fourth-order valence-corrected chi connectivity index (χ4v) is 8.41. The Morgan fingerprint density at radius 2 is 1.17 bits per heavy atom. The SMILES string of the molecule is Cc1cc(C)cc(P(=O)(c2cc(C)cc(C)c2)c2cc(C)c3c(c2Br)OCO3)c1. The van der Waals surface area contributed by atoms with Crippen molar-refractivity contribution in [2.24, 2.45) is 0 Å². The fourth-order valence-electron chi connectivity index (χ4n) is 4.11. The average molecular weight is 471 g/mol. The van der Waals surface area contributed by atoms with Crippen molar-refractivity contribution in [1.82, 2.24) is 0 Å². The van der Waals surface area contributed by atoms with Gasteiger partial charge in [-0.05, 0) is 86.4 Å². The molecule has 1 heterocycles. The van der Waals surface area contributed by atoms with Crippen molar-refractivity contribution in [3.63, 3.8) is 0 Å². The first-order valence-electron chi connectivity index (χ1n) is 9.57. The number of halogens is 1. The lowest BCUT2D eigenvalue weighted by Crippen LogP contribution is -2.27. The molecule has 5 heteroatoms. The molecule has 1 aliphatic rings. The number of rotatable bonds is 3. The quantitative estimate of drug-likeness (QED) is 0.483. The van der Waals surface area contributed by atoms with Crippen LogP contribution in [0.4, 0.5) is 0 Å². The van der Waals surface area contributed by atoms with Gasteiger partial charge in [-0.1, -0.05) is 34.4 Å². The zero-order chi connectivity index (χ0) is 20.9. The Hall–Kier alpha value is -2.03. The van der Waals surface area contributed by atoms with Gasteiger partial charge in [0.2, 0.25) is 6.79 Å². The van der Waals surface area contributed by atoms with Gasteiger partial charge in [-0.2, -0.15) is 0 Å². The van der Waals surface area contributed by atoms with Crippen LogP contribution in [0.15, 0.2) is 46.9 Å². The fraction of sp³-hybridized carbons (Fsp3) is 0.250. The lowest BCUT2D eigenvalue weighted by atomic mass is 10.2. The maximum absolute atomic E-state index is 15.1. The Morgan fingerprint density at radius 1 is 0.724 bits per heavy atom. The lowest BCUT2D eigenvalue weighted by Gasteiger charge is -2.24. The molecule has 29 heavy (non-hydrogen) atoms. The number of hydrogen-bond acceptors (Lipinski definition) is 3. The monoisotopic (exact) mass is 470 g/mol. The van der Waals surface area contributed by atoms with Crippen molar-refractivity contribution in [3.05, 3.63) is 74.8 Å². The zero-order valence-corrected chi connectivity index (χ0v) is 19.8. The normalized spacial score (nSPS) is 13.0. The second kappa shape index (κ2) is 7.34. The number of ether oxygens (including phenoxy) is 2. The summed E-state index contributed by atoms with van der Waals surface area (Å²) < 4.78 is 27.1. The maximum atomic E-state index is 15.1. The molecular formula is C24H24BrO3P. The van der Waals surface area contributed by atoms with Crippen LogP contribution in [0.2, 0.25) is 0 Å². The third kappa shape index (κ3) is 3.43. The molecule has 0 atom stereocenters. The van der Waals surface area contributed by atoms with Crippen molar-refractivity contribution in [1.29, 1.82) is 0 Å². The summed E-state index contributed by atoms with van der Waals surface area (Å²) >= 11 is 3.69. The van der Waals surface area contributed by atoms with E-state index in [0.29, 0.717) is 16.0 Å². The van der Waals surface area contributed by atoms with Gasteiger partial charge in [-0.25, -0.2) is 0 Å². The van der Waals surface area contributed by atoms with Crippen molar-refractivity contribution < 1.29 is 14.0 Å². The molecule has 1 aliphatic heterocycles. The van der Waals surface area contributed by atoms with Gasteiger partial charge in [0.15, 0.2) is 18.6 Å². The van der Waals surface area contributed by atoms with E-state index in [0.717, 1.165) is 43.7 Å². The molecule has 4 rings (SSSR count). The van der Waals surface area contributed by atoms with Gasteiger partial charge < -0.3 is 14.0 Å².